The van der Waals surface area contributed by atoms with Crippen LogP contribution in [0.25, 0.3) is 11.0 Å². The van der Waals surface area contributed by atoms with Crippen molar-refractivity contribution in [3.63, 3.8) is 0 Å². The zero-order valence-corrected chi connectivity index (χ0v) is 18.1. The second kappa shape index (κ2) is 8.47. The van der Waals surface area contributed by atoms with Gasteiger partial charge in [0.15, 0.2) is 0 Å². The van der Waals surface area contributed by atoms with E-state index in [0.29, 0.717) is 11.0 Å². The third-order valence-electron chi connectivity index (χ3n) is 5.94. The first-order valence-corrected chi connectivity index (χ1v) is 10.5. The van der Waals surface area contributed by atoms with Gasteiger partial charge in [-0.15, -0.1) is 0 Å². The largest absolute Gasteiger partial charge is 0.332 e. The molecule has 31 heavy (non-hydrogen) atoms. The lowest BCUT2D eigenvalue weighted by Gasteiger charge is -2.35. The van der Waals surface area contributed by atoms with Gasteiger partial charge in [-0.3, -0.25) is 23.6 Å². The monoisotopic (exact) mass is 421 g/mol. The summed E-state index contributed by atoms with van der Waals surface area (Å²) in [4.78, 5) is 43.2. The number of carbonyl (C=O) groups excluding carboxylic acids is 1. The number of aromatic nitrogens is 3. The molecule has 1 saturated heterocycles. The number of benzene rings is 1. The fraction of sp³-hybridized carbons (Fsp3) is 0.391. The van der Waals surface area contributed by atoms with Crippen molar-refractivity contribution in [1.82, 2.24) is 19.0 Å². The summed E-state index contributed by atoms with van der Waals surface area (Å²) in [5.74, 6) is -0.0875. The average Bonchev–Trinajstić information content (AvgIpc) is 2.77. The van der Waals surface area contributed by atoms with Gasteiger partial charge >= 0.3 is 5.69 Å². The number of carbonyl (C=O) groups is 1. The van der Waals surface area contributed by atoms with E-state index in [1.165, 1.54) is 18.5 Å². The molecule has 1 fully saturated rings. The molecule has 0 bridgehead atoms. The van der Waals surface area contributed by atoms with Crippen molar-refractivity contribution in [2.45, 2.75) is 38.8 Å². The second-order valence-electron chi connectivity index (χ2n) is 8.17. The number of hydrogen-bond acceptors (Lipinski definition) is 5. The average molecular weight is 422 g/mol. The van der Waals surface area contributed by atoms with Gasteiger partial charge in [0.1, 0.15) is 5.65 Å². The number of piperidine rings is 1. The van der Waals surface area contributed by atoms with Crippen LogP contribution in [0.3, 0.4) is 0 Å². The van der Waals surface area contributed by atoms with E-state index in [4.69, 9.17) is 4.98 Å². The quantitative estimate of drug-likeness (QED) is 0.698. The molecule has 1 amide bonds. The fourth-order valence-corrected chi connectivity index (χ4v) is 4.30. The van der Waals surface area contributed by atoms with Crippen LogP contribution in [-0.2, 0) is 25.4 Å². The smallest absolute Gasteiger partial charge is 0.326 e. The van der Waals surface area contributed by atoms with Gasteiger partial charge in [-0.05, 0) is 49.2 Å². The molecule has 3 heterocycles. The van der Waals surface area contributed by atoms with Crippen LogP contribution in [0.5, 0.6) is 0 Å². The zero-order valence-electron chi connectivity index (χ0n) is 18.1. The van der Waals surface area contributed by atoms with Gasteiger partial charge in [0, 0.05) is 33.3 Å². The van der Waals surface area contributed by atoms with Gasteiger partial charge in [0.25, 0.3) is 5.56 Å². The van der Waals surface area contributed by atoms with E-state index in [2.05, 4.69) is 10.2 Å². The standard InChI is InChI=1S/C23H27N5O3/c1-15(29)24-17-9-7-16(8-10-17)14-28-13-5-4-6-20(28)19-12-11-18-21(25-19)26(2)23(31)27(3)22(18)30/h7-12,20H,4-6,13-14H2,1-3H3,(H,24,29)/t20-/m0/s1. The molecule has 1 N–H and O–H groups in total. The summed E-state index contributed by atoms with van der Waals surface area (Å²) in [6.45, 7) is 3.21. The van der Waals surface area contributed by atoms with Gasteiger partial charge in [-0.1, -0.05) is 18.6 Å². The molecule has 1 aliphatic rings. The van der Waals surface area contributed by atoms with Crippen molar-refractivity contribution >= 4 is 22.6 Å². The van der Waals surface area contributed by atoms with E-state index < -0.39 is 0 Å². The van der Waals surface area contributed by atoms with Crippen molar-refractivity contribution in [2.24, 2.45) is 14.1 Å². The number of nitrogens with zero attached hydrogens (tertiary/aromatic N) is 4. The molecule has 0 saturated carbocycles. The molecule has 1 aliphatic heterocycles. The summed E-state index contributed by atoms with van der Waals surface area (Å²) in [7, 11) is 3.13. The van der Waals surface area contributed by atoms with Crippen LogP contribution in [-0.4, -0.2) is 31.5 Å². The first-order chi connectivity index (χ1) is 14.8. The minimum absolute atomic E-state index is 0.0875. The minimum atomic E-state index is -0.373. The Hall–Kier alpha value is -3.26. The highest BCUT2D eigenvalue weighted by molar-refractivity contribution is 5.88. The van der Waals surface area contributed by atoms with Crippen molar-refractivity contribution in [3.05, 3.63) is 68.5 Å². The Morgan fingerprint density at radius 2 is 1.81 bits per heavy atom. The Labute approximate surface area is 180 Å². The number of likely N-dealkylation sites (tertiary alicyclic amines) is 1. The molecule has 162 valence electrons. The maximum absolute atomic E-state index is 12.5. The molecule has 8 nitrogen and oxygen atoms in total. The van der Waals surface area contributed by atoms with Crippen LogP contribution in [0.15, 0.2) is 46.0 Å². The van der Waals surface area contributed by atoms with Gasteiger partial charge in [-0.25, -0.2) is 9.78 Å². The Kier molecular flexibility index (Phi) is 5.73. The Morgan fingerprint density at radius 3 is 2.52 bits per heavy atom. The first kappa shape index (κ1) is 21.0. The van der Waals surface area contributed by atoms with Crippen LogP contribution in [0.1, 0.15) is 43.5 Å². The van der Waals surface area contributed by atoms with E-state index >= 15 is 0 Å². The lowest BCUT2D eigenvalue weighted by atomic mass is 9.97. The highest BCUT2D eigenvalue weighted by Crippen LogP contribution is 2.31. The maximum atomic E-state index is 12.5. The molecule has 2 aromatic heterocycles. The highest BCUT2D eigenvalue weighted by atomic mass is 16.2. The summed E-state index contributed by atoms with van der Waals surface area (Å²) >= 11 is 0. The minimum Gasteiger partial charge on any atom is -0.326 e. The summed E-state index contributed by atoms with van der Waals surface area (Å²) in [6.07, 6.45) is 3.20. The molecule has 0 spiro atoms. The zero-order chi connectivity index (χ0) is 22.1. The van der Waals surface area contributed by atoms with Crippen LogP contribution in [0.4, 0.5) is 5.69 Å². The summed E-state index contributed by atoms with van der Waals surface area (Å²) in [6, 6.07) is 11.7. The molecule has 0 radical (unpaired) electrons. The highest BCUT2D eigenvalue weighted by Gasteiger charge is 2.26. The molecule has 1 atom stereocenters. The van der Waals surface area contributed by atoms with E-state index in [-0.39, 0.29) is 23.2 Å². The Bertz CT molecular complexity index is 1240. The van der Waals surface area contributed by atoms with Crippen LogP contribution in [0, 0.1) is 0 Å². The molecular weight excluding hydrogens is 394 g/mol. The third-order valence-corrected chi connectivity index (χ3v) is 5.94. The number of anilines is 1. The number of rotatable bonds is 4. The van der Waals surface area contributed by atoms with Crippen molar-refractivity contribution in [1.29, 1.82) is 0 Å². The van der Waals surface area contributed by atoms with Gasteiger partial charge in [-0.2, -0.15) is 0 Å². The predicted octanol–water partition coefficient (Wildman–Crippen LogP) is 2.32. The topological polar surface area (TPSA) is 89.2 Å². The molecule has 0 unspecified atom stereocenters. The molecule has 8 heteroatoms. The van der Waals surface area contributed by atoms with Crippen molar-refractivity contribution < 1.29 is 4.79 Å². The fourth-order valence-electron chi connectivity index (χ4n) is 4.30. The Morgan fingerprint density at radius 1 is 1.06 bits per heavy atom. The summed E-state index contributed by atoms with van der Waals surface area (Å²) in [5, 5.41) is 3.24. The lowest BCUT2D eigenvalue weighted by molar-refractivity contribution is -0.114. The molecule has 3 aromatic rings. The number of amides is 1. The normalized spacial score (nSPS) is 17.1. The SMILES string of the molecule is CC(=O)Nc1ccc(CN2CCCC[C@H]2c2ccc3c(=O)n(C)c(=O)n(C)c3n2)cc1. The molecule has 4 rings (SSSR count). The van der Waals surface area contributed by atoms with Crippen molar-refractivity contribution in [2.75, 3.05) is 11.9 Å². The molecule has 0 aliphatic carbocycles. The Balaban J connectivity index is 1.64. The van der Waals surface area contributed by atoms with E-state index in [1.54, 1.807) is 13.1 Å². The summed E-state index contributed by atoms with van der Waals surface area (Å²) in [5.41, 5.74) is 2.55. The van der Waals surface area contributed by atoms with Gasteiger partial charge < -0.3 is 5.32 Å². The van der Waals surface area contributed by atoms with E-state index in [0.717, 1.165) is 53.9 Å². The van der Waals surface area contributed by atoms with Crippen LogP contribution in [0.2, 0.25) is 0 Å². The van der Waals surface area contributed by atoms with E-state index in [1.807, 2.05) is 30.3 Å². The number of fused-ring (bicyclic) bond motifs is 1. The number of hydrogen-bond donors (Lipinski definition) is 1. The van der Waals surface area contributed by atoms with Crippen LogP contribution < -0.4 is 16.6 Å². The van der Waals surface area contributed by atoms with Gasteiger partial charge in [0.05, 0.1) is 17.1 Å². The predicted molar refractivity (Wildman–Crippen MR) is 120 cm³/mol. The number of nitrogens with one attached hydrogen (secondary N) is 1. The number of aryl methyl sites for hydroxylation is 1. The first-order valence-electron chi connectivity index (χ1n) is 10.5. The van der Waals surface area contributed by atoms with Crippen LogP contribution >= 0.6 is 0 Å². The van der Waals surface area contributed by atoms with Gasteiger partial charge in [0.2, 0.25) is 5.91 Å². The van der Waals surface area contributed by atoms with Crippen molar-refractivity contribution in [3.8, 4) is 0 Å². The third kappa shape index (κ3) is 4.16. The lowest BCUT2D eigenvalue weighted by Crippen LogP contribution is -2.38. The summed E-state index contributed by atoms with van der Waals surface area (Å²) < 4.78 is 2.55. The maximum Gasteiger partial charge on any atom is 0.332 e. The molecule has 1 aromatic carbocycles. The van der Waals surface area contributed by atoms with E-state index in [9.17, 15) is 14.4 Å². The molecular formula is C23H27N5O3. The number of pyridine rings is 1. The second-order valence-corrected chi connectivity index (χ2v) is 8.17.